The van der Waals surface area contributed by atoms with Crippen molar-refractivity contribution in [2.45, 2.75) is 45.6 Å². The van der Waals surface area contributed by atoms with E-state index in [-0.39, 0.29) is 11.9 Å². The molecule has 0 saturated heterocycles. The predicted octanol–water partition coefficient (Wildman–Crippen LogP) is 0.532. The van der Waals surface area contributed by atoms with E-state index in [9.17, 15) is 4.79 Å². The molecule has 0 aliphatic heterocycles. The average molecular weight is 254 g/mol. The molecule has 0 aromatic carbocycles. The van der Waals surface area contributed by atoms with E-state index < -0.39 is 0 Å². The van der Waals surface area contributed by atoms with Crippen LogP contribution in [-0.2, 0) is 4.79 Å². The summed E-state index contributed by atoms with van der Waals surface area (Å²) in [5.41, 5.74) is 5.53. The minimum Gasteiger partial charge on any atom is -0.346 e. The molecule has 1 amide bonds. The molecule has 0 aliphatic rings. The molecule has 0 radical (unpaired) electrons. The Bertz CT molecular complexity index is 339. The Kier molecular flexibility index (Phi) is 6.27. The lowest BCUT2D eigenvalue weighted by Crippen LogP contribution is -2.27. The van der Waals surface area contributed by atoms with E-state index >= 15 is 0 Å². The maximum atomic E-state index is 11.7. The molecule has 18 heavy (non-hydrogen) atoms. The molecule has 0 spiro atoms. The molecule has 1 aromatic heterocycles. The first-order valence-electron chi connectivity index (χ1n) is 6.40. The zero-order valence-corrected chi connectivity index (χ0v) is 11.0. The van der Waals surface area contributed by atoms with Gasteiger partial charge in [-0.2, -0.15) is 5.21 Å². The Morgan fingerprint density at radius 2 is 2.28 bits per heavy atom. The summed E-state index contributed by atoms with van der Waals surface area (Å²) in [7, 11) is 0. The van der Waals surface area contributed by atoms with Crippen LogP contribution in [0.4, 0.5) is 0 Å². The number of rotatable bonds is 8. The molecule has 7 heteroatoms. The maximum Gasteiger partial charge on any atom is 0.220 e. The standard InChI is InChI=1S/C11H22N6O/c1-3-9(6-7-12)4-5-10(18)13-8(2)11-14-16-17-15-11/h8-9H,3-7,12H2,1-2H3,(H,13,18)(H,14,15,16,17). The van der Waals surface area contributed by atoms with Gasteiger partial charge in [0.15, 0.2) is 5.82 Å². The van der Waals surface area contributed by atoms with Gasteiger partial charge < -0.3 is 11.1 Å². The molecular weight excluding hydrogens is 232 g/mol. The van der Waals surface area contributed by atoms with E-state index in [1.54, 1.807) is 0 Å². The molecule has 0 fully saturated rings. The third-order valence-electron chi connectivity index (χ3n) is 3.06. The molecule has 2 unspecified atom stereocenters. The second-order valence-electron chi connectivity index (χ2n) is 4.45. The lowest BCUT2D eigenvalue weighted by Gasteiger charge is -2.14. The number of nitrogens with two attached hydrogens (primary N) is 1. The first kappa shape index (κ1) is 14.6. The predicted molar refractivity (Wildman–Crippen MR) is 67.4 cm³/mol. The van der Waals surface area contributed by atoms with Gasteiger partial charge in [-0.15, -0.1) is 10.2 Å². The Labute approximate surface area is 107 Å². The second-order valence-corrected chi connectivity index (χ2v) is 4.45. The summed E-state index contributed by atoms with van der Waals surface area (Å²) in [5, 5.41) is 16.3. The molecule has 0 saturated carbocycles. The highest BCUT2D eigenvalue weighted by Gasteiger charge is 2.14. The van der Waals surface area contributed by atoms with Crippen molar-refractivity contribution in [3.8, 4) is 0 Å². The minimum absolute atomic E-state index is 0.0165. The summed E-state index contributed by atoms with van der Waals surface area (Å²) in [6.07, 6.45) is 3.42. The van der Waals surface area contributed by atoms with Crippen LogP contribution in [0.25, 0.3) is 0 Å². The summed E-state index contributed by atoms with van der Waals surface area (Å²) in [4.78, 5) is 11.7. The molecule has 4 N–H and O–H groups in total. The zero-order chi connectivity index (χ0) is 13.4. The summed E-state index contributed by atoms with van der Waals surface area (Å²) in [6, 6.07) is -0.217. The van der Waals surface area contributed by atoms with Gasteiger partial charge >= 0.3 is 0 Å². The Morgan fingerprint density at radius 1 is 1.50 bits per heavy atom. The van der Waals surface area contributed by atoms with Crippen LogP contribution in [0, 0.1) is 5.92 Å². The fourth-order valence-corrected chi connectivity index (χ4v) is 1.85. The van der Waals surface area contributed by atoms with Gasteiger partial charge in [0.05, 0.1) is 6.04 Å². The monoisotopic (exact) mass is 254 g/mol. The Hall–Kier alpha value is -1.50. The number of aromatic nitrogens is 4. The number of H-pyrrole nitrogens is 1. The van der Waals surface area contributed by atoms with Crippen molar-refractivity contribution in [2.24, 2.45) is 11.7 Å². The minimum atomic E-state index is -0.217. The highest BCUT2D eigenvalue weighted by Crippen LogP contribution is 2.14. The van der Waals surface area contributed by atoms with Crippen molar-refractivity contribution in [3.05, 3.63) is 5.82 Å². The van der Waals surface area contributed by atoms with Gasteiger partial charge in [-0.1, -0.05) is 18.6 Å². The third-order valence-corrected chi connectivity index (χ3v) is 3.06. The Morgan fingerprint density at radius 3 is 2.83 bits per heavy atom. The maximum absolute atomic E-state index is 11.7. The smallest absolute Gasteiger partial charge is 0.220 e. The number of nitrogens with one attached hydrogen (secondary N) is 2. The van der Waals surface area contributed by atoms with E-state index in [1.165, 1.54) is 0 Å². The van der Waals surface area contributed by atoms with Crippen LogP contribution in [0.2, 0.25) is 0 Å². The molecule has 102 valence electrons. The van der Waals surface area contributed by atoms with Crippen LogP contribution in [0.15, 0.2) is 0 Å². The largest absolute Gasteiger partial charge is 0.346 e. The number of carbonyl (C=O) groups excluding carboxylic acids is 1. The van der Waals surface area contributed by atoms with Gasteiger partial charge in [-0.05, 0) is 32.2 Å². The molecule has 1 aromatic rings. The van der Waals surface area contributed by atoms with Crippen LogP contribution < -0.4 is 11.1 Å². The fraction of sp³-hybridized carbons (Fsp3) is 0.818. The number of tetrazole rings is 1. The van der Waals surface area contributed by atoms with Crippen molar-refractivity contribution >= 4 is 5.91 Å². The van der Waals surface area contributed by atoms with Crippen molar-refractivity contribution in [2.75, 3.05) is 6.54 Å². The fourth-order valence-electron chi connectivity index (χ4n) is 1.85. The normalized spacial score (nSPS) is 14.2. The first-order chi connectivity index (χ1) is 8.67. The lowest BCUT2D eigenvalue weighted by molar-refractivity contribution is -0.122. The topological polar surface area (TPSA) is 110 Å². The lowest BCUT2D eigenvalue weighted by atomic mass is 9.96. The van der Waals surface area contributed by atoms with Gasteiger partial charge in [-0.25, -0.2) is 0 Å². The van der Waals surface area contributed by atoms with Gasteiger partial charge in [-0.3, -0.25) is 4.79 Å². The molecule has 1 heterocycles. The van der Waals surface area contributed by atoms with Gasteiger partial charge in [0.1, 0.15) is 0 Å². The van der Waals surface area contributed by atoms with Crippen LogP contribution in [0.3, 0.4) is 0 Å². The Balaban J connectivity index is 2.29. The summed E-state index contributed by atoms with van der Waals surface area (Å²) in [6.45, 7) is 4.64. The van der Waals surface area contributed by atoms with E-state index in [2.05, 4.69) is 32.9 Å². The van der Waals surface area contributed by atoms with Gasteiger partial charge in [0, 0.05) is 6.42 Å². The first-order valence-corrected chi connectivity index (χ1v) is 6.40. The summed E-state index contributed by atoms with van der Waals surface area (Å²) < 4.78 is 0. The van der Waals surface area contributed by atoms with Crippen LogP contribution >= 0.6 is 0 Å². The van der Waals surface area contributed by atoms with E-state index in [0.29, 0.717) is 24.7 Å². The van der Waals surface area contributed by atoms with E-state index in [4.69, 9.17) is 5.73 Å². The highest BCUT2D eigenvalue weighted by atomic mass is 16.1. The zero-order valence-electron chi connectivity index (χ0n) is 11.0. The molecular formula is C11H22N6O. The number of hydrogen-bond acceptors (Lipinski definition) is 5. The van der Waals surface area contributed by atoms with Crippen molar-refractivity contribution in [3.63, 3.8) is 0 Å². The van der Waals surface area contributed by atoms with Gasteiger partial charge in [0.2, 0.25) is 5.91 Å². The SMILES string of the molecule is CCC(CCN)CCC(=O)NC(C)c1nn[nH]n1. The van der Waals surface area contributed by atoms with E-state index in [1.807, 2.05) is 6.92 Å². The average Bonchev–Trinajstić information content (AvgIpc) is 2.88. The van der Waals surface area contributed by atoms with Crippen LogP contribution in [0.5, 0.6) is 0 Å². The van der Waals surface area contributed by atoms with E-state index in [0.717, 1.165) is 19.3 Å². The molecule has 7 nitrogen and oxygen atoms in total. The molecule has 0 aliphatic carbocycles. The van der Waals surface area contributed by atoms with Crippen molar-refractivity contribution < 1.29 is 4.79 Å². The van der Waals surface area contributed by atoms with Crippen molar-refractivity contribution in [1.82, 2.24) is 25.9 Å². The second kappa shape index (κ2) is 7.75. The quantitative estimate of drug-likeness (QED) is 0.627. The highest BCUT2D eigenvalue weighted by molar-refractivity contribution is 5.76. The number of amides is 1. The number of aromatic amines is 1. The van der Waals surface area contributed by atoms with Crippen LogP contribution in [0.1, 0.15) is 51.4 Å². The molecule has 0 bridgehead atoms. The summed E-state index contributed by atoms with van der Waals surface area (Å²) >= 11 is 0. The van der Waals surface area contributed by atoms with Crippen LogP contribution in [-0.4, -0.2) is 33.1 Å². The molecule has 1 rings (SSSR count). The number of nitrogens with zero attached hydrogens (tertiary/aromatic N) is 3. The third kappa shape index (κ3) is 4.79. The number of hydrogen-bond donors (Lipinski definition) is 3. The molecule has 2 atom stereocenters. The summed E-state index contributed by atoms with van der Waals surface area (Å²) in [5.74, 6) is 1.04. The van der Waals surface area contributed by atoms with Gasteiger partial charge in [0.25, 0.3) is 0 Å². The number of carbonyl (C=O) groups is 1. The van der Waals surface area contributed by atoms with Crippen molar-refractivity contribution in [1.29, 1.82) is 0 Å².